The van der Waals surface area contributed by atoms with Crippen LogP contribution in [0.2, 0.25) is 0 Å². The first-order chi connectivity index (χ1) is 15.1. The molecule has 1 saturated heterocycles. The summed E-state index contributed by atoms with van der Waals surface area (Å²) in [5, 5.41) is 0.145. The lowest BCUT2D eigenvalue weighted by atomic mass is 9.81. The van der Waals surface area contributed by atoms with E-state index >= 15 is 0 Å². The molecule has 2 amide bonds. The van der Waals surface area contributed by atoms with Crippen LogP contribution >= 0.6 is 23.1 Å². The molecule has 7 heteroatoms. The first-order valence-electron chi connectivity index (χ1n) is 10.6. The van der Waals surface area contributed by atoms with Gasteiger partial charge in [0.15, 0.2) is 0 Å². The van der Waals surface area contributed by atoms with Gasteiger partial charge in [-0.25, -0.2) is 4.90 Å². The van der Waals surface area contributed by atoms with Gasteiger partial charge in [0, 0.05) is 10.8 Å². The number of amides is 2. The average molecular weight is 465 g/mol. The molecule has 3 aromatic rings. The molecular weight excluding hydrogens is 440 g/mol. The maximum atomic E-state index is 13.7. The number of imide groups is 1. The zero-order valence-corrected chi connectivity index (χ0v) is 20.0. The summed E-state index contributed by atoms with van der Waals surface area (Å²) in [6.45, 7) is 8.44. The summed E-state index contributed by atoms with van der Waals surface area (Å²) in [4.78, 5) is 44.2. The number of aromatic amines is 1. The van der Waals surface area contributed by atoms with Crippen LogP contribution in [-0.2, 0) is 15.0 Å². The van der Waals surface area contributed by atoms with E-state index in [1.54, 1.807) is 0 Å². The van der Waals surface area contributed by atoms with Gasteiger partial charge in [0.2, 0.25) is 11.8 Å². The van der Waals surface area contributed by atoms with Gasteiger partial charge in [0.25, 0.3) is 0 Å². The molecule has 2 aromatic carbocycles. The Hall–Kier alpha value is -2.64. The summed E-state index contributed by atoms with van der Waals surface area (Å²) in [7, 11) is 0. The predicted molar refractivity (Wildman–Crippen MR) is 129 cm³/mol. The van der Waals surface area contributed by atoms with Crippen molar-refractivity contribution in [2.24, 2.45) is 5.92 Å². The Morgan fingerprint density at radius 1 is 0.906 bits per heavy atom. The van der Waals surface area contributed by atoms with Crippen molar-refractivity contribution in [3.05, 3.63) is 79.8 Å². The SMILES string of the molecule is Cc1ccc(N2C(=O)[C@H]3[C@H](c4ccc(C(C)(C)C)cc4)c4sc(=O)[nH]c4S[C@H]3C2=O)cc1. The van der Waals surface area contributed by atoms with Gasteiger partial charge >= 0.3 is 4.87 Å². The first kappa shape index (κ1) is 21.2. The van der Waals surface area contributed by atoms with Crippen LogP contribution in [-0.4, -0.2) is 22.0 Å². The zero-order chi connectivity index (χ0) is 22.8. The fourth-order valence-electron chi connectivity index (χ4n) is 4.51. The molecule has 0 aliphatic carbocycles. The van der Waals surface area contributed by atoms with Gasteiger partial charge in [-0.1, -0.05) is 85.8 Å². The van der Waals surface area contributed by atoms with Gasteiger partial charge in [0.05, 0.1) is 16.6 Å². The number of hydrogen-bond acceptors (Lipinski definition) is 5. The van der Waals surface area contributed by atoms with E-state index < -0.39 is 11.2 Å². The average Bonchev–Trinajstić information content (AvgIpc) is 3.23. The number of H-pyrrole nitrogens is 1. The van der Waals surface area contributed by atoms with E-state index in [0.29, 0.717) is 10.7 Å². The number of nitrogens with zero attached hydrogens (tertiary/aromatic N) is 1. The highest BCUT2D eigenvalue weighted by molar-refractivity contribution is 8.00. The van der Waals surface area contributed by atoms with Crippen LogP contribution < -0.4 is 9.77 Å². The van der Waals surface area contributed by atoms with E-state index in [1.807, 2.05) is 43.3 Å². The monoisotopic (exact) mass is 464 g/mol. The van der Waals surface area contributed by atoms with Crippen LogP contribution in [0.5, 0.6) is 0 Å². The maximum absolute atomic E-state index is 13.7. The van der Waals surface area contributed by atoms with Crippen LogP contribution in [0.15, 0.2) is 58.4 Å². The molecular formula is C25H24N2O3S2. The molecule has 2 aliphatic rings. The molecule has 0 spiro atoms. The third-order valence-corrected chi connectivity index (χ3v) is 8.65. The second kappa shape index (κ2) is 7.46. The molecule has 3 heterocycles. The van der Waals surface area contributed by atoms with Crippen molar-refractivity contribution < 1.29 is 9.59 Å². The molecule has 1 aromatic heterocycles. The molecule has 1 N–H and O–H groups in total. The highest BCUT2D eigenvalue weighted by Gasteiger charge is 2.56. The summed E-state index contributed by atoms with van der Waals surface area (Å²) < 4.78 is 0. The zero-order valence-electron chi connectivity index (χ0n) is 18.3. The molecule has 0 bridgehead atoms. The van der Waals surface area contributed by atoms with Crippen molar-refractivity contribution in [2.75, 3.05) is 4.90 Å². The summed E-state index contributed by atoms with van der Waals surface area (Å²) in [6, 6.07) is 15.7. The number of anilines is 1. The minimum atomic E-state index is -0.561. The second-order valence-corrected chi connectivity index (χ2v) is 11.6. The normalized spacial score (nSPS) is 22.8. The third kappa shape index (κ3) is 3.35. The lowest BCUT2D eigenvalue weighted by Gasteiger charge is -2.30. The Morgan fingerprint density at radius 3 is 2.19 bits per heavy atom. The molecule has 0 radical (unpaired) electrons. The smallest absolute Gasteiger partial charge is 0.305 e. The third-order valence-electron chi connectivity index (χ3n) is 6.25. The number of carbonyl (C=O) groups is 2. The number of fused-ring (bicyclic) bond motifs is 2. The molecule has 164 valence electrons. The molecule has 0 saturated carbocycles. The van der Waals surface area contributed by atoms with Crippen molar-refractivity contribution in [1.82, 2.24) is 4.98 Å². The van der Waals surface area contributed by atoms with Crippen molar-refractivity contribution in [1.29, 1.82) is 0 Å². The lowest BCUT2D eigenvalue weighted by molar-refractivity contribution is -0.122. The fraction of sp³-hybridized carbons (Fsp3) is 0.320. The molecule has 2 aliphatic heterocycles. The van der Waals surface area contributed by atoms with E-state index in [0.717, 1.165) is 27.3 Å². The van der Waals surface area contributed by atoms with E-state index in [2.05, 4.69) is 37.9 Å². The lowest BCUT2D eigenvalue weighted by Crippen LogP contribution is -2.32. The summed E-state index contributed by atoms with van der Waals surface area (Å²) >= 11 is 2.45. The van der Waals surface area contributed by atoms with Crippen LogP contribution in [0.4, 0.5) is 5.69 Å². The van der Waals surface area contributed by atoms with Gasteiger partial charge in [-0.3, -0.25) is 14.4 Å². The maximum Gasteiger partial charge on any atom is 0.305 e. The highest BCUT2D eigenvalue weighted by atomic mass is 32.2. The van der Waals surface area contributed by atoms with Gasteiger partial charge in [-0.05, 0) is 35.6 Å². The van der Waals surface area contributed by atoms with E-state index in [-0.39, 0.29) is 28.0 Å². The number of carbonyl (C=O) groups excluding carboxylic acids is 2. The summed E-state index contributed by atoms with van der Waals surface area (Å²) in [6.07, 6.45) is 0. The molecule has 5 rings (SSSR count). The number of nitrogens with one attached hydrogen (secondary N) is 1. The van der Waals surface area contributed by atoms with Crippen molar-refractivity contribution in [3.63, 3.8) is 0 Å². The molecule has 0 unspecified atom stereocenters. The van der Waals surface area contributed by atoms with Crippen molar-refractivity contribution in [2.45, 2.75) is 49.3 Å². The number of rotatable bonds is 2. The number of benzene rings is 2. The molecule has 3 atom stereocenters. The quantitative estimate of drug-likeness (QED) is 0.551. The van der Waals surface area contributed by atoms with Crippen LogP contribution in [0.1, 0.15) is 48.3 Å². The Morgan fingerprint density at radius 2 is 1.56 bits per heavy atom. The molecule has 32 heavy (non-hydrogen) atoms. The van der Waals surface area contributed by atoms with Crippen LogP contribution in [0.3, 0.4) is 0 Å². The van der Waals surface area contributed by atoms with Crippen LogP contribution in [0, 0.1) is 12.8 Å². The standard InChI is InChI=1S/C25H24N2O3S2/c1-13-5-11-16(12-6-13)27-22(28)18-17(14-7-9-15(10-8-14)25(2,3)4)19-21(26-24(30)32-19)31-20(18)23(27)29/h5-12,17-18,20H,1-4H3,(H,26,30)/t17-,18-,20+/m0/s1. The van der Waals surface area contributed by atoms with E-state index in [9.17, 15) is 14.4 Å². The number of thiazole rings is 1. The number of hydrogen-bond donors (Lipinski definition) is 1. The predicted octanol–water partition coefficient (Wildman–Crippen LogP) is 4.84. The van der Waals surface area contributed by atoms with Gasteiger partial charge < -0.3 is 4.98 Å². The summed E-state index contributed by atoms with van der Waals surface area (Å²) in [5.41, 5.74) is 3.82. The van der Waals surface area contributed by atoms with E-state index in [1.165, 1.54) is 22.2 Å². The number of aryl methyl sites for hydroxylation is 1. The highest BCUT2D eigenvalue weighted by Crippen LogP contribution is 2.53. The van der Waals surface area contributed by atoms with E-state index in [4.69, 9.17) is 0 Å². The fourth-order valence-corrected chi connectivity index (χ4v) is 7.03. The van der Waals surface area contributed by atoms with Gasteiger partial charge in [-0.15, -0.1) is 0 Å². The summed E-state index contributed by atoms with van der Waals surface area (Å²) in [5.74, 6) is -1.30. The Bertz CT molecular complexity index is 1270. The largest absolute Gasteiger partial charge is 0.307 e. The number of aromatic nitrogens is 1. The molecule has 1 fully saturated rings. The van der Waals surface area contributed by atoms with Gasteiger partial charge in [0.1, 0.15) is 5.25 Å². The van der Waals surface area contributed by atoms with Crippen molar-refractivity contribution >= 4 is 40.6 Å². The Kier molecular flexibility index (Phi) is 4.94. The Labute approximate surface area is 194 Å². The minimum absolute atomic E-state index is 0.00885. The van der Waals surface area contributed by atoms with Gasteiger partial charge in [-0.2, -0.15) is 0 Å². The topological polar surface area (TPSA) is 70.2 Å². The Balaban J connectivity index is 1.61. The second-order valence-electron chi connectivity index (χ2n) is 9.47. The first-order valence-corrected chi connectivity index (χ1v) is 12.3. The number of thioether (sulfide) groups is 1. The molecule has 5 nitrogen and oxygen atoms in total. The van der Waals surface area contributed by atoms with Crippen LogP contribution in [0.25, 0.3) is 0 Å². The van der Waals surface area contributed by atoms with Crippen molar-refractivity contribution in [3.8, 4) is 0 Å². The minimum Gasteiger partial charge on any atom is -0.307 e.